The Kier molecular flexibility index (Phi) is 6.54. The molecule has 1 atom stereocenters. The Morgan fingerprint density at radius 2 is 2.19 bits per heavy atom. The van der Waals surface area contributed by atoms with Gasteiger partial charge >= 0.3 is 0 Å². The second-order valence-corrected chi connectivity index (χ2v) is 7.24. The van der Waals surface area contributed by atoms with Crippen molar-refractivity contribution in [3.05, 3.63) is 64.7 Å². The van der Waals surface area contributed by atoms with E-state index in [1.54, 1.807) is 24.3 Å². The molecule has 1 N–H and O–H groups in total. The number of hydrogen-bond donors (Lipinski definition) is 1. The van der Waals surface area contributed by atoms with Crippen LogP contribution in [0.15, 0.2) is 48.5 Å². The van der Waals surface area contributed by atoms with Crippen LogP contribution in [-0.2, 0) is 0 Å². The van der Waals surface area contributed by atoms with Gasteiger partial charge in [-0.25, -0.2) is 0 Å². The highest BCUT2D eigenvalue weighted by atomic mass is 35.5. The molecule has 0 bridgehead atoms. The molecule has 1 aliphatic heterocycles. The molecule has 1 unspecified atom stereocenters. The SMILES string of the molecule is COc1cc(/C=C/CN2CCCC(C(=O)c3cccc(Cl)c3)C2)ccc1O. The number of benzene rings is 2. The van der Waals surface area contributed by atoms with E-state index in [2.05, 4.69) is 11.0 Å². The monoisotopic (exact) mass is 385 g/mol. The van der Waals surface area contributed by atoms with Gasteiger partial charge in [0.05, 0.1) is 7.11 Å². The van der Waals surface area contributed by atoms with Crippen LogP contribution >= 0.6 is 11.6 Å². The lowest BCUT2D eigenvalue weighted by atomic mass is 9.90. The number of halogens is 1. The molecule has 0 spiro atoms. The summed E-state index contributed by atoms with van der Waals surface area (Å²) in [6.45, 7) is 2.53. The topological polar surface area (TPSA) is 49.8 Å². The van der Waals surface area contributed by atoms with E-state index < -0.39 is 0 Å². The molecule has 0 amide bonds. The first-order valence-electron chi connectivity index (χ1n) is 9.12. The number of aromatic hydroxyl groups is 1. The van der Waals surface area contributed by atoms with Crippen molar-refractivity contribution in [1.29, 1.82) is 0 Å². The molecule has 142 valence electrons. The maximum absolute atomic E-state index is 12.8. The van der Waals surface area contributed by atoms with Gasteiger partial charge in [0.25, 0.3) is 0 Å². The number of piperidine rings is 1. The van der Waals surface area contributed by atoms with E-state index in [0.717, 1.165) is 38.0 Å². The lowest BCUT2D eigenvalue weighted by Crippen LogP contribution is -2.38. The van der Waals surface area contributed by atoms with Gasteiger partial charge in [-0.3, -0.25) is 9.69 Å². The number of ether oxygens (including phenoxy) is 1. The molecule has 27 heavy (non-hydrogen) atoms. The van der Waals surface area contributed by atoms with Gasteiger partial charge in [-0.1, -0.05) is 42.0 Å². The van der Waals surface area contributed by atoms with Crippen molar-refractivity contribution in [3.63, 3.8) is 0 Å². The largest absolute Gasteiger partial charge is 0.504 e. The van der Waals surface area contributed by atoms with Crippen LogP contribution in [0.5, 0.6) is 11.5 Å². The average Bonchev–Trinajstić information content (AvgIpc) is 2.69. The van der Waals surface area contributed by atoms with Crippen molar-refractivity contribution >= 4 is 23.5 Å². The van der Waals surface area contributed by atoms with Crippen LogP contribution in [0, 0.1) is 5.92 Å². The van der Waals surface area contributed by atoms with Gasteiger partial charge in [0.2, 0.25) is 0 Å². The Labute approximate surface area is 165 Å². The summed E-state index contributed by atoms with van der Waals surface area (Å²) >= 11 is 6.02. The van der Waals surface area contributed by atoms with Gasteiger partial charge in [0.15, 0.2) is 17.3 Å². The quantitative estimate of drug-likeness (QED) is 0.734. The molecule has 0 radical (unpaired) electrons. The summed E-state index contributed by atoms with van der Waals surface area (Å²) in [5.41, 5.74) is 1.66. The molecule has 3 rings (SSSR count). The van der Waals surface area contributed by atoms with Crippen molar-refractivity contribution < 1.29 is 14.6 Å². The third-order valence-corrected chi connectivity index (χ3v) is 5.10. The second kappa shape index (κ2) is 9.07. The van der Waals surface area contributed by atoms with Crippen LogP contribution in [0.4, 0.5) is 0 Å². The normalized spacial score (nSPS) is 17.9. The number of Topliss-reactive ketones (excluding diaryl/α,β-unsaturated/α-hetero) is 1. The fraction of sp³-hybridized carbons (Fsp3) is 0.318. The smallest absolute Gasteiger partial charge is 0.167 e. The highest BCUT2D eigenvalue weighted by Crippen LogP contribution is 2.27. The Morgan fingerprint density at radius 3 is 2.96 bits per heavy atom. The standard InChI is InChI=1S/C22H24ClNO3/c1-27-21-13-16(9-10-20(21)25)5-3-11-24-12-4-7-18(15-24)22(26)17-6-2-8-19(23)14-17/h2-3,5-6,8-10,13-14,18,25H,4,7,11-12,15H2,1H3/b5-3+. The summed E-state index contributed by atoms with van der Waals surface area (Å²) in [7, 11) is 1.54. The molecular weight excluding hydrogens is 362 g/mol. The first kappa shape index (κ1) is 19.5. The molecule has 5 heteroatoms. The summed E-state index contributed by atoms with van der Waals surface area (Å²) in [4.78, 5) is 15.1. The van der Waals surface area contributed by atoms with Gasteiger partial charge < -0.3 is 9.84 Å². The molecular formula is C22H24ClNO3. The number of methoxy groups -OCH3 is 1. The molecule has 2 aromatic carbocycles. The Bertz CT molecular complexity index is 834. The Morgan fingerprint density at radius 1 is 1.33 bits per heavy atom. The van der Waals surface area contributed by atoms with Gasteiger partial charge in [-0.2, -0.15) is 0 Å². The Balaban J connectivity index is 1.59. The number of carbonyl (C=O) groups excluding carboxylic acids is 1. The van der Waals surface area contributed by atoms with Gasteiger partial charge in [-0.15, -0.1) is 0 Å². The fourth-order valence-electron chi connectivity index (χ4n) is 3.45. The Hall–Kier alpha value is -2.30. The lowest BCUT2D eigenvalue weighted by molar-refractivity contribution is 0.0831. The van der Waals surface area contributed by atoms with E-state index in [4.69, 9.17) is 16.3 Å². The highest BCUT2D eigenvalue weighted by molar-refractivity contribution is 6.31. The van der Waals surface area contributed by atoms with E-state index in [1.807, 2.05) is 24.3 Å². The van der Waals surface area contributed by atoms with Crippen LogP contribution < -0.4 is 4.74 Å². The maximum atomic E-state index is 12.8. The van der Waals surface area contributed by atoms with Gasteiger partial charge in [0.1, 0.15) is 0 Å². The van der Waals surface area contributed by atoms with Crippen molar-refractivity contribution in [2.75, 3.05) is 26.7 Å². The summed E-state index contributed by atoms with van der Waals surface area (Å²) in [5.74, 6) is 0.782. The predicted molar refractivity (Wildman–Crippen MR) is 109 cm³/mol. The van der Waals surface area contributed by atoms with Crippen LogP contribution in [0.3, 0.4) is 0 Å². The molecule has 0 saturated carbocycles. The van der Waals surface area contributed by atoms with Crippen molar-refractivity contribution in [2.24, 2.45) is 5.92 Å². The molecule has 0 aliphatic carbocycles. The van der Waals surface area contributed by atoms with E-state index in [-0.39, 0.29) is 17.5 Å². The zero-order valence-electron chi connectivity index (χ0n) is 15.4. The number of rotatable bonds is 6. The van der Waals surface area contributed by atoms with E-state index >= 15 is 0 Å². The first-order valence-corrected chi connectivity index (χ1v) is 9.50. The molecule has 0 aromatic heterocycles. The highest BCUT2D eigenvalue weighted by Gasteiger charge is 2.26. The molecule has 2 aromatic rings. The lowest BCUT2D eigenvalue weighted by Gasteiger charge is -2.31. The number of hydrogen-bond acceptors (Lipinski definition) is 4. The number of phenols is 1. The zero-order valence-corrected chi connectivity index (χ0v) is 16.2. The second-order valence-electron chi connectivity index (χ2n) is 6.81. The summed E-state index contributed by atoms with van der Waals surface area (Å²) in [5, 5.41) is 10.3. The third-order valence-electron chi connectivity index (χ3n) is 4.86. The molecule has 1 fully saturated rings. The minimum Gasteiger partial charge on any atom is -0.504 e. The summed E-state index contributed by atoms with van der Waals surface area (Å²) < 4.78 is 5.13. The van der Waals surface area contributed by atoms with Crippen molar-refractivity contribution in [2.45, 2.75) is 12.8 Å². The average molecular weight is 386 g/mol. The minimum atomic E-state index is 0.0133. The van der Waals surface area contributed by atoms with E-state index in [1.165, 1.54) is 7.11 Å². The molecule has 1 heterocycles. The van der Waals surface area contributed by atoms with Crippen LogP contribution in [0.25, 0.3) is 6.08 Å². The number of phenolic OH excluding ortho intramolecular Hbond substituents is 1. The van der Waals surface area contributed by atoms with Crippen molar-refractivity contribution in [3.8, 4) is 11.5 Å². The molecule has 1 aliphatic rings. The number of likely N-dealkylation sites (tertiary alicyclic amines) is 1. The first-order chi connectivity index (χ1) is 13.1. The van der Waals surface area contributed by atoms with Gasteiger partial charge in [0, 0.05) is 29.6 Å². The maximum Gasteiger partial charge on any atom is 0.167 e. The summed E-state index contributed by atoms with van der Waals surface area (Å²) in [6.07, 6.45) is 6.01. The predicted octanol–water partition coefficient (Wildman–Crippen LogP) is 4.66. The molecule has 1 saturated heterocycles. The minimum absolute atomic E-state index is 0.0133. The van der Waals surface area contributed by atoms with Crippen LogP contribution in [0.1, 0.15) is 28.8 Å². The van der Waals surface area contributed by atoms with Crippen LogP contribution in [0.2, 0.25) is 5.02 Å². The van der Waals surface area contributed by atoms with Gasteiger partial charge in [-0.05, 0) is 49.2 Å². The summed E-state index contributed by atoms with van der Waals surface area (Å²) in [6, 6.07) is 12.5. The number of nitrogens with zero attached hydrogens (tertiary/aromatic N) is 1. The fourth-order valence-corrected chi connectivity index (χ4v) is 3.64. The molecule has 4 nitrogen and oxygen atoms in total. The zero-order chi connectivity index (χ0) is 19.2. The number of ketones is 1. The number of carbonyl (C=O) groups is 1. The van der Waals surface area contributed by atoms with Crippen molar-refractivity contribution in [1.82, 2.24) is 4.90 Å². The van der Waals surface area contributed by atoms with E-state index in [9.17, 15) is 9.90 Å². The third kappa shape index (κ3) is 5.12. The van der Waals surface area contributed by atoms with E-state index in [0.29, 0.717) is 16.3 Å². The van der Waals surface area contributed by atoms with Crippen LogP contribution in [-0.4, -0.2) is 42.5 Å².